The minimum Gasteiger partial charge on any atom is -0.478 e. The van der Waals surface area contributed by atoms with E-state index in [1.807, 2.05) is 19.1 Å². The van der Waals surface area contributed by atoms with Gasteiger partial charge in [-0.25, -0.2) is 9.78 Å². The number of nitrogens with one attached hydrogen (secondary N) is 1. The van der Waals surface area contributed by atoms with E-state index >= 15 is 0 Å². The van der Waals surface area contributed by atoms with E-state index in [2.05, 4.69) is 15.3 Å². The fourth-order valence-corrected chi connectivity index (χ4v) is 1.66. The number of carbonyl (C=O) groups is 1. The molecule has 0 aliphatic carbocycles. The molecule has 1 unspecified atom stereocenters. The summed E-state index contributed by atoms with van der Waals surface area (Å²) in [6, 6.07) is 5.16. The molecule has 0 saturated carbocycles. The van der Waals surface area contributed by atoms with Crippen LogP contribution in [0.4, 0.5) is 11.5 Å². The molecule has 98 valence electrons. The predicted octanol–water partition coefficient (Wildman–Crippen LogP) is 1.93. The van der Waals surface area contributed by atoms with Gasteiger partial charge in [-0.3, -0.25) is 4.98 Å². The van der Waals surface area contributed by atoms with E-state index in [1.165, 1.54) is 12.3 Å². The lowest BCUT2D eigenvalue weighted by Crippen LogP contribution is -2.11. The van der Waals surface area contributed by atoms with Crippen molar-refractivity contribution in [1.29, 1.82) is 0 Å². The highest BCUT2D eigenvalue weighted by molar-refractivity contribution is 5.89. The zero-order valence-corrected chi connectivity index (χ0v) is 10.4. The molecule has 1 atom stereocenters. The molecule has 0 aliphatic heterocycles. The molecule has 0 bridgehead atoms. The number of carboxylic acid groups (broad SMARTS) is 1. The van der Waals surface area contributed by atoms with E-state index < -0.39 is 5.97 Å². The molecule has 2 heterocycles. The largest absolute Gasteiger partial charge is 0.478 e. The van der Waals surface area contributed by atoms with E-state index in [-0.39, 0.29) is 11.6 Å². The van der Waals surface area contributed by atoms with Crippen LogP contribution >= 0.6 is 0 Å². The lowest BCUT2D eigenvalue weighted by atomic mass is 10.1. The topological polar surface area (TPSA) is 101 Å². The van der Waals surface area contributed by atoms with E-state index in [4.69, 9.17) is 10.8 Å². The standard InChI is InChI=1S/C13H14N4O2/c1-8(9-2-4-15-5-3-9)17-12-11(14)6-10(7-16-12)13(18)19/h2-8H,14H2,1H3,(H,16,17)(H,18,19). The van der Waals surface area contributed by atoms with Gasteiger partial charge < -0.3 is 16.2 Å². The maximum absolute atomic E-state index is 10.8. The van der Waals surface area contributed by atoms with Crippen LogP contribution in [0.15, 0.2) is 36.8 Å². The Kier molecular flexibility index (Phi) is 3.61. The highest BCUT2D eigenvalue weighted by atomic mass is 16.4. The predicted molar refractivity (Wildman–Crippen MR) is 71.9 cm³/mol. The van der Waals surface area contributed by atoms with Gasteiger partial charge in [0.2, 0.25) is 0 Å². The second kappa shape index (κ2) is 5.34. The zero-order chi connectivity index (χ0) is 13.8. The Hall–Kier alpha value is -2.63. The first kappa shape index (κ1) is 12.8. The third kappa shape index (κ3) is 2.98. The van der Waals surface area contributed by atoms with Crippen LogP contribution in [0, 0.1) is 0 Å². The number of aromatic carboxylic acids is 1. The molecule has 19 heavy (non-hydrogen) atoms. The number of carboxylic acids is 1. The van der Waals surface area contributed by atoms with Crippen LogP contribution in [0.2, 0.25) is 0 Å². The van der Waals surface area contributed by atoms with Gasteiger partial charge in [-0.1, -0.05) is 0 Å². The van der Waals surface area contributed by atoms with Gasteiger partial charge in [-0.2, -0.15) is 0 Å². The first-order chi connectivity index (χ1) is 9.08. The van der Waals surface area contributed by atoms with Crippen LogP contribution in [0.25, 0.3) is 0 Å². The maximum Gasteiger partial charge on any atom is 0.337 e. The molecule has 4 N–H and O–H groups in total. The first-order valence-electron chi connectivity index (χ1n) is 5.73. The number of nitrogens with zero attached hydrogens (tertiary/aromatic N) is 2. The summed E-state index contributed by atoms with van der Waals surface area (Å²) in [6.07, 6.45) is 4.69. The van der Waals surface area contributed by atoms with Crippen LogP contribution in [-0.2, 0) is 0 Å². The second-order valence-electron chi connectivity index (χ2n) is 4.11. The first-order valence-corrected chi connectivity index (χ1v) is 5.73. The van der Waals surface area contributed by atoms with Gasteiger partial charge in [0.25, 0.3) is 0 Å². The summed E-state index contributed by atoms with van der Waals surface area (Å²) in [4.78, 5) is 18.8. The van der Waals surface area contributed by atoms with Gasteiger partial charge in [0.05, 0.1) is 17.3 Å². The molecule has 0 fully saturated rings. The second-order valence-corrected chi connectivity index (χ2v) is 4.11. The van der Waals surface area contributed by atoms with E-state index in [9.17, 15) is 4.79 Å². The van der Waals surface area contributed by atoms with Crippen LogP contribution < -0.4 is 11.1 Å². The van der Waals surface area contributed by atoms with Crippen LogP contribution in [0.5, 0.6) is 0 Å². The van der Waals surface area contributed by atoms with Crippen molar-refractivity contribution in [2.45, 2.75) is 13.0 Å². The van der Waals surface area contributed by atoms with Crippen molar-refractivity contribution in [2.75, 3.05) is 11.1 Å². The average molecular weight is 258 g/mol. The molecule has 0 saturated heterocycles. The van der Waals surface area contributed by atoms with Crippen molar-refractivity contribution >= 4 is 17.5 Å². The summed E-state index contributed by atoms with van der Waals surface area (Å²) in [5.41, 5.74) is 7.20. The number of rotatable bonds is 4. The van der Waals surface area contributed by atoms with Crippen molar-refractivity contribution in [1.82, 2.24) is 9.97 Å². The number of anilines is 2. The summed E-state index contributed by atoms with van der Waals surface area (Å²) >= 11 is 0. The number of aromatic nitrogens is 2. The highest BCUT2D eigenvalue weighted by Crippen LogP contribution is 2.22. The smallest absolute Gasteiger partial charge is 0.337 e. The normalized spacial score (nSPS) is 11.8. The summed E-state index contributed by atoms with van der Waals surface area (Å²) in [5.74, 6) is -0.581. The summed E-state index contributed by atoms with van der Waals surface area (Å²) < 4.78 is 0. The van der Waals surface area contributed by atoms with Crippen molar-refractivity contribution < 1.29 is 9.90 Å². The van der Waals surface area contributed by atoms with Crippen molar-refractivity contribution in [3.63, 3.8) is 0 Å². The Labute approximate surface area is 110 Å². The zero-order valence-electron chi connectivity index (χ0n) is 10.4. The van der Waals surface area contributed by atoms with Crippen LogP contribution in [-0.4, -0.2) is 21.0 Å². The monoisotopic (exact) mass is 258 g/mol. The molecule has 2 aromatic heterocycles. The summed E-state index contributed by atoms with van der Waals surface area (Å²) in [6.45, 7) is 1.96. The molecule has 0 radical (unpaired) electrons. The minimum absolute atomic E-state index is 0.00604. The Balaban J connectivity index is 2.18. The lowest BCUT2D eigenvalue weighted by molar-refractivity contribution is 0.0696. The van der Waals surface area contributed by atoms with Gasteiger partial charge >= 0.3 is 5.97 Å². The number of nitrogens with two attached hydrogens (primary N) is 1. The van der Waals surface area contributed by atoms with Gasteiger partial charge in [-0.15, -0.1) is 0 Å². The molecule has 2 rings (SSSR count). The Morgan fingerprint density at radius 2 is 2.11 bits per heavy atom. The number of nitrogen functional groups attached to an aromatic ring is 1. The van der Waals surface area contributed by atoms with Gasteiger partial charge in [-0.05, 0) is 30.7 Å². The van der Waals surface area contributed by atoms with Crippen molar-refractivity contribution in [3.8, 4) is 0 Å². The molecule has 2 aromatic rings. The number of pyridine rings is 2. The van der Waals surface area contributed by atoms with E-state index in [0.29, 0.717) is 11.5 Å². The lowest BCUT2D eigenvalue weighted by Gasteiger charge is -2.16. The molecular weight excluding hydrogens is 244 g/mol. The Bertz CT molecular complexity index is 586. The molecule has 6 nitrogen and oxygen atoms in total. The van der Waals surface area contributed by atoms with Crippen LogP contribution in [0.1, 0.15) is 28.9 Å². The summed E-state index contributed by atoms with van der Waals surface area (Å²) in [5, 5.41) is 12.0. The third-order valence-electron chi connectivity index (χ3n) is 2.72. The highest BCUT2D eigenvalue weighted by Gasteiger charge is 2.11. The molecule has 0 spiro atoms. The Morgan fingerprint density at radius 3 is 2.68 bits per heavy atom. The summed E-state index contributed by atoms with van der Waals surface area (Å²) in [7, 11) is 0. The average Bonchev–Trinajstić information content (AvgIpc) is 2.41. The van der Waals surface area contributed by atoms with Gasteiger partial charge in [0.1, 0.15) is 5.82 Å². The molecule has 0 aromatic carbocycles. The number of hydrogen-bond donors (Lipinski definition) is 3. The van der Waals surface area contributed by atoms with Crippen LogP contribution in [0.3, 0.4) is 0 Å². The molecule has 6 heteroatoms. The minimum atomic E-state index is -1.05. The van der Waals surface area contributed by atoms with Crippen molar-refractivity contribution in [2.24, 2.45) is 0 Å². The fourth-order valence-electron chi connectivity index (χ4n) is 1.66. The van der Waals surface area contributed by atoms with E-state index in [1.54, 1.807) is 12.4 Å². The quantitative estimate of drug-likeness (QED) is 0.774. The fraction of sp³-hybridized carbons (Fsp3) is 0.154. The molecular formula is C13H14N4O2. The Morgan fingerprint density at radius 1 is 1.42 bits per heavy atom. The third-order valence-corrected chi connectivity index (χ3v) is 2.72. The molecule has 0 amide bonds. The van der Waals surface area contributed by atoms with Gasteiger partial charge in [0, 0.05) is 18.6 Å². The maximum atomic E-state index is 10.8. The van der Waals surface area contributed by atoms with Crippen molar-refractivity contribution in [3.05, 3.63) is 47.9 Å². The number of hydrogen-bond acceptors (Lipinski definition) is 5. The SMILES string of the molecule is CC(Nc1ncc(C(=O)O)cc1N)c1ccncc1. The van der Waals surface area contributed by atoms with E-state index in [0.717, 1.165) is 5.56 Å². The molecule has 0 aliphatic rings. The van der Waals surface area contributed by atoms with Gasteiger partial charge in [0.15, 0.2) is 0 Å².